The van der Waals surface area contributed by atoms with Gasteiger partial charge in [-0.1, -0.05) is 23.7 Å². The number of carboxylic acids is 1. The van der Waals surface area contributed by atoms with E-state index in [9.17, 15) is 18.3 Å². The number of hydrogen-bond acceptors (Lipinski definition) is 5. The van der Waals surface area contributed by atoms with Crippen molar-refractivity contribution in [2.75, 3.05) is 20.2 Å². The molecule has 0 bridgehead atoms. The molecule has 8 heteroatoms. The average Bonchev–Trinajstić information content (AvgIpc) is 2.68. The molecule has 0 saturated carbocycles. The minimum Gasteiger partial charge on any atom is -0.497 e. The molecule has 150 valence electrons. The Hall–Kier alpha value is -2.09. The van der Waals surface area contributed by atoms with E-state index < -0.39 is 20.6 Å². The predicted octanol–water partition coefficient (Wildman–Crippen LogP) is 3.24. The summed E-state index contributed by atoms with van der Waals surface area (Å²) in [5.74, 6) is -0.787. The van der Waals surface area contributed by atoms with Crippen molar-refractivity contribution in [3.8, 4) is 5.75 Å². The average molecular weight is 424 g/mol. The lowest BCUT2D eigenvalue weighted by molar-refractivity contribution is -0.141. The van der Waals surface area contributed by atoms with E-state index in [1.165, 1.54) is 31.4 Å². The van der Waals surface area contributed by atoms with Crippen molar-refractivity contribution in [2.45, 2.75) is 29.0 Å². The van der Waals surface area contributed by atoms with Crippen LogP contribution in [-0.4, -0.2) is 49.3 Å². The summed E-state index contributed by atoms with van der Waals surface area (Å²) in [6.45, 7) is 1.33. The Morgan fingerprint density at radius 3 is 2.36 bits per heavy atom. The molecular formula is C20H22ClNO5S. The molecule has 0 radical (unpaired) electrons. The van der Waals surface area contributed by atoms with Crippen LogP contribution in [0.15, 0.2) is 53.4 Å². The van der Waals surface area contributed by atoms with E-state index in [0.717, 1.165) is 5.56 Å². The summed E-state index contributed by atoms with van der Waals surface area (Å²) in [6.07, 6.45) is 0.0501. The summed E-state index contributed by atoms with van der Waals surface area (Å²) >= 11 is 6.01. The first-order valence-corrected chi connectivity index (χ1v) is 10.7. The van der Waals surface area contributed by atoms with Gasteiger partial charge in [0, 0.05) is 24.7 Å². The lowest BCUT2D eigenvalue weighted by atomic mass is 9.95. The van der Waals surface area contributed by atoms with Crippen LogP contribution in [-0.2, 0) is 21.2 Å². The molecule has 6 nitrogen and oxygen atoms in total. The van der Waals surface area contributed by atoms with Crippen molar-refractivity contribution < 1.29 is 23.1 Å². The fraction of sp³-hybridized carbons (Fsp3) is 0.350. The summed E-state index contributed by atoms with van der Waals surface area (Å²) in [4.78, 5) is 14.1. The van der Waals surface area contributed by atoms with Gasteiger partial charge in [0.15, 0.2) is 14.6 Å². The van der Waals surface area contributed by atoms with E-state index in [2.05, 4.69) is 4.90 Å². The maximum Gasteiger partial charge on any atom is 0.325 e. The van der Waals surface area contributed by atoms with Crippen LogP contribution in [0.2, 0.25) is 5.02 Å². The minimum atomic E-state index is -4.05. The van der Waals surface area contributed by atoms with Gasteiger partial charge in [-0.05, 0) is 54.8 Å². The Morgan fingerprint density at radius 2 is 1.82 bits per heavy atom. The number of hydrogen-bond donors (Lipinski definition) is 1. The van der Waals surface area contributed by atoms with Crippen LogP contribution in [0.25, 0.3) is 0 Å². The number of halogens is 1. The third-order valence-electron chi connectivity index (χ3n) is 5.23. The van der Waals surface area contributed by atoms with E-state index in [4.69, 9.17) is 16.3 Å². The number of sulfone groups is 1. The Labute approximate surface area is 169 Å². The monoisotopic (exact) mass is 423 g/mol. The van der Waals surface area contributed by atoms with E-state index >= 15 is 0 Å². The lowest BCUT2D eigenvalue weighted by Gasteiger charge is -2.38. The summed E-state index contributed by atoms with van der Waals surface area (Å²) in [5.41, 5.74) is 1.01. The second kappa shape index (κ2) is 8.11. The quantitative estimate of drug-likeness (QED) is 0.767. The highest BCUT2D eigenvalue weighted by Crippen LogP contribution is 2.37. The van der Waals surface area contributed by atoms with Crippen LogP contribution >= 0.6 is 11.6 Å². The van der Waals surface area contributed by atoms with Crippen molar-refractivity contribution in [2.24, 2.45) is 0 Å². The summed E-state index contributed by atoms with van der Waals surface area (Å²) in [5, 5.41) is 10.5. The van der Waals surface area contributed by atoms with Gasteiger partial charge >= 0.3 is 5.97 Å². The molecule has 2 aromatic carbocycles. The van der Waals surface area contributed by atoms with Gasteiger partial charge in [0.1, 0.15) is 5.75 Å². The minimum absolute atomic E-state index is 0.000934. The van der Waals surface area contributed by atoms with Crippen LogP contribution in [0.5, 0.6) is 5.75 Å². The van der Waals surface area contributed by atoms with Crippen LogP contribution in [0.4, 0.5) is 0 Å². The number of carboxylic acid groups (broad SMARTS) is 1. The van der Waals surface area contributed by atoms with Gasteiger partial charge in [0.25, 0.3) is 0 Å². The fourth-order valence-corrected chi connectivity index (χ4v) is 5.65. The smallest absolute Gasteiger partial charge is 0.325 e. The molecule has 0 amide bonds. The molecule has 1 aliphatic heterocycles. The molecule has 0 spiro atoms. The van der Waals surface area contributed by atoms with Gasteiger partial charge in [0.05, 0.1) is 12.0 Å². The molecule has 0 unspecified atom stereocenters. The lowest BCUT2D eigenvalue weighted by Crippen LogP contribution is -2.54. The van der Waals surface area contributed by atoms with Gasteiger partial charge in [-0.3, -0.25) is 9.69 Å². The third-order valence-corrected chi connectivity index (χ3v) is 7.97. The van der Waals surface area contributed by atoms with Gasteiger partial charge in [-0.15, -0.1) is 0 Å². The van der Waals surface area contributed by atoms with E-state index in [1.54, 1.807) is 6.07 Å². The van der Waals surface area contributed by atoms with Crippen molar-refractivity contribution in [3.63, 3.8) is 0 Å². The van der Waals surface area contributed by atoms with E-state index in [0.29, 0.717) is 30.4 Å². The Kier molecular flexibility index (Phi) is 5.98. The van der Waals surface area contributed by atoms with Gasteiger partial charge in [-0.25, -0.2) is 8.42 Å². The molecule has 3 rings (SSSR count). The molecule has 2 aromatic rings. The standard InChI is InChI=1S/C20H22ClNO5S/c1-27-17-5-7-18(8-6-17)28(25,26)20(19(23)24)9-11-22(12-10-20)14-15-3-2-4-16(21)13-15/h2-8,13H,9-12,14H2,1H3,(H,23,24). The molecule has 28 heavy (non-hydrogen) atoms. The third kappa shape index (κ3) is 3.87. The second-order valence-corrected chi connectivity index (χ2v) is 9.58. The Balaban J connectivity index is 1.81. The SMILES string of the molecule is COc1ccc(S(=O)(=O)C2(C(=O)O)CCN(Cc3cccc(Cl)c3)CC2)cc1. The molecule has 1 fully saturated rings. The zero-order chi connectivity index (χ0) is 20.4. The molecule has 0 atom stereocenters. The topological polar surface area (TPSA) is 83.9 Å². The molecular weight excluding hydrogens is 402 g/mol. The number of piperidine rings is 1. The summed E-state index contributed by atoms with van der Waals surface area (Å²) in [7, 11) is -2.57. The first kappa shape index (κ1) is 20.6. The van der Waals surface area contributed by atoms with Crippen LogP contribution < -0.4 is 4.74 Å². The zero-order valence-electron chi connectivity index (χ0n) is 15.5. The van der Waals surface area contributed by atoms with Gasteiger partial charge in [0.2, 0.25) is 0 Å². The Bertz CT molecular complexity index is 951. The van der Waals surface area contributed by atoms with Gasteiger partial charge in [-0.2, -0.15) is 0 Å². The fourth-order valence-electron chi connectivity index (χ4n) is 3.54. The maximum absolute atomic E-state index is 13.2. The van der Waals surface area contributed by atoms with Gasteiger partial charge < -0.3 is 9.84 Å². The highest BCUT2D eigenvalue weighted by atomic mass is 35.5. The van der Waals surface area contributed by atoms with Crippen LogP contribution in [0.1, 0.15) is 18.4 Å². The Morgan fingerprint density at radius 1 is 1.18 bits per heavy atom. The molecule has 1 aliphatic rings. The molecule has 0 aliphatic carbocycles. The molecule has 1 N–H and O–H groups in total. The predicted molar refractivity (Wildman–Crippen MR) is 107 cm³/mol. The van der Waals surface area contributed by atoms with Crippen molar-refractivity contribution in [3.05, 3.63) is 59.1 Å². The molecule has 0 aromatic heterocycles. The van der Waals surface area contributed by atoms with Crippen LogP contribution in [0, 0.1) is 0 Å². The largest absolute Gasteiger partial charge is 0.497 e. The second-order valence-electron chi connectivity index (χ2n) is 6.88. The van der Waals surface area contributed by atoms with Crippen molar-refractivity contribution in [1.82, 2.24) is 4.90 Å². The number of nitrogens with zero attached hydrogens (tertiary/aromatic N) is 1. The molecule has 1 heterocycles. The number of carbonyl (C=O) groups is 1. The van der Waals surface area contributed by atoms with Crippen LogP contribution in [0.3, 0.4) is 0 Å². The number of methoxy groups -OCH3 is 1. The number of aliphatic carboxylic acids is 1. The normalized spacial score (nSPS) is 17.2. The maximum atomic E-state index is 13.2. The number of ether oxygens (including phenoxy) is 1. The highest BCUT2D eigenvalue weighted by Gasteiger charge is 2.53. The number of likely N-dealkylation sites (tertiary alicyclic amines) is 1. The summed E-state index contributed by atoms with van der Waals surface area (Å²) in [6, 6.07) is 13.3. The van der Waals surface area contributed by atoms with Crippen molar-refractivity contribution >= 4 is 27.4 Å². The number of rotatable bonds is 6. The molecule has 1 saturated heterocycles. The van der Waals surface area contributed by atoms with Crippen molar-refractivity contribution in [1.29, 1.82) is 0 Å². The number of benzene rings is 2. The van der Waals surface area contributed by atoms with E-state index in [1.807, 2.05) is 18.2 Å². The zero-order valence-corrected chi connectivity index (χ0v) is 17.0. The first-order valence-electron chi connectivity index (χ1n) is 8.87. The summed E-state index contributed by atoms with van der Waals surface area (Å²) < 4.78 is 29.6. The highest BCUT2D eigenvalue weighted by molar-refractivity contribution is 7.93. The van der Waals surface area contributed by atoms with E-state index in [-0.39, 0.29) is 17.7 Å². The first-order chi connectivity index (χ1) is 13.3.